The van der Waals surface area contributed by atoms with Crippen molar-refractivity contribution in [3.63, 3.8) is 0 Å². The molecule has 30 heavy (non-hydrogen) atoms. The van der Waals surface area contributed by atoms with E-state index >= 15 is 0 Å². The van der Waals surface area contributed by atoms with Crippen molar-refractivity contribution in [3.05, 3.63) is 59.7 Å². The van der Waals surface area contributed by atoms with Crippen LogP contribution in [-0.2, 0) is 19.9 Å². The fourth-order valence-corrected chi connectivity index (χ4v) is 5.69. The zero-order chi connectivity index (χ0) is 21.0. The highest BCUT2D eigenvalue weighted by molar-refractivity contribution is 7.98. The van der Waals surface area contributed by atoms with E-state index in [2.05, 4.69) is 10.6 Å². The standard InChI is InChI=1S/C23H23N3O3S/c1-13-7-9-14(10-8-13)26-20(27)18-17(11-12-30-2)25-23(19(18)21(26)28)15-5-3-4-6-16(15)24-22(23)29/h3-10,17-19,25H,11-12H2,1-2H3,(H,24,29)/t17-,18+,19-,23-/m0/s1. The topological polar surface area (TPSA) is 78.5 Å². The lowest BCUT2D eigenvalue weighted by molar-refractivity contribution is -0.130. The molecule has 3 aliphatic heterocycles. The van der Waals surface area contributed by atoms with Crippen LogP contribution in [0.15, 0.2) is 48.5 Å². The first-order chi connectivity index (χ1) is 14.5. The van der Waals surface area contributed by atoms with E-state index in [1.807, 2.05) is 49.6 Å². The van der Waals surface area contributed by atoms with Gasteiger partial charge in [0.15, 0.2) is 0 Å². The number of carbonyl (C=O) groups is 3. The molecule has 2 N–H and O–H groups in total. The molecule has 5 rings (SSSR count). The molecule has 0 unspecified atom stereocenters. The van der Waals surface area contributed by atoms with Crippen molar-refractivity contribution in [2.75, 3.05) is 22.2 Å². The molecular weight excluding hydrogens is 398 g/mol. The smallest absolute Gasteiger partial charge is 0.250 e. The number of hydrogen-bond donors (Lipinski definition) is 2. The quantitative estimate of drug-likeness (QED) is 0.742. The van der Waals surface area contributed by atoms with Gasteiger partial charge in [-0.3, -0.25) is 19.7 Å². The van der Waals surface area contributed by atoms with Crippen LogP contribution in [0, 0.1) is 18.8 Å². The molecule has 2 fully saturated rings. The number of carbonyl (C=O) groups excluding carboxylic acids is 3. The number of fused-ring (bicyclic) bond motifs is 4. The van der Waals surface area contributed by atoms with Gasteiger partial charge < -0.3 is 5.32 Å². The van der Waals surface area contributed by atoms with Crippen LogP contribution in [0.25, 0.3) is 0 Å². The number of imide groups is 1. The van der Waals surface area contributed by atoms with E-state index in [0.29, 0.717) is 17.8 Å². The second kappa shape index (κ2) is 6.96. The number of aryl methyl sites for hydroxylation is 1. The molecule has 154 valence electrons. The van der Waals surface area contributed by atoms with E-state index in [1.165, 1.54) is 4.90 Å². The maximum atomic E-state index is 13.7. The van der Waals surface area contributed by atoms with Crippen LogP contribution in [0.1, 0.15) is 17.5 Å². The Morgan fingerprint density at radius 2 is 1.77 bits per heavy atom. The van der Waals surface area contributed by atoms with Crippen LogP contribution in [0.5, 0.6) is 0 Å². The highest BCUT2D eigenvalue weighted by Crippen LogP contribution is 2.53. The van der Waals surface area contributed by atoms with E-state index in [9.17, 15) is 14.4 Å². The molecule has 7 heteroatoms. The summed E-state index contributed by atoms with van der Waals surface area (Å²) in [6.45, 7) is 1.96. The molecule has 0 aromatic heterocycles. The zero-order valence-electron chi connectivity index (χ0n) is 16.8. The Bertz CT molecular complexity index is 1050. The molecule has 0 aliphatic carbocycles. The lowest BCUT2D eigenvalue weighted by Crippen LogP contribution is -2.53. The Labute approximate surface area is 179 Å². The Morgan fingerprint density at radius 3 is 2.50 bits per heavy atom. The summed E-state index contributed by atoms with van der Waals surface area (Å²) in [6.07, 6.45) is 2.72. The van der Waals surface area contributed by atoms with Gasteiger partial charge in [0.25, 0.3) is 0 Å². The first kappa shape index (κ1) is 19.3. The number of hydrogen-bond acceptors (Lipinski definition) is 5. The van der Waals surface area contributed by atoms with Gasteiger partial charge in [-0.15, -0.1) is 0 Å². The zero-order valence-corrected chi connectivity index (χ0v) is 17.7. The molecule has 0 saturated carbocycles. The number of amides is 3. The van der Waals surface area contributed by atoms with Crippen LogP contribution >= 0.6 is 11.8 Å². The van der Waals surface area contributed by atoms with E-state index in [1.54, 1.807) is 23.9 Å². The number of rotatable bonds is 4. The summed E-state index contributed by atoms with van der Waals surface area (Å²) in [5.41, 5.74) is 1.86. The van der Waals surface area contributed by atoms with Crippen molar-refractivity contribution in [2.45, 2.75) is 24.9 Å². The fourth-order valence-electron chi connectivity index (χ4n) is 5.20. The minimum absolute atomic E-state index is 0.221. The second-order valence-electron chi connectivity index (χ2n) is 8.19. The largest absolute Gasteiger partial charge is 0.324 e. The number of nitrogens with zero attached hydrogens (tertiary/aromatic N) is 1. The summed E-state index contributed by atoms with van der Waals surface area (Å²) >= 11 is 1.69. The molecule has 3 heterocycles. The molecule has 2 aromatic rings. The van der Waals surface area contributed by atoms with Gasteiger partial charge in [0, 0.05) is 17.3 Å². The van der Waals surface area contributed by atoms with Crippen molar-refractivity contribution in [1.29, 1.82) is 0 Å². The summed E-state index contributed by atoms with van der Waals surface area (Å²) in [6, 6.07) is 14.6. The lowest BCUT2D eigenvalue weighted by atomic mass is 9.76. The maximum absolute atomic E-state index is 13.7. The number of thioether (sulfide) groups is 1. The highest BCUT2D eigenvalue weighted by Gasteiger charge is 2.70. The average molecular weight is 422 g/mol. The van der Waals surface area contributed by atoms with Gasteiger partial charge in [0.05, 0.1) is 17.5 Å². The van der Waals surface area contributed by atoms with Gasteiger partial charge in [-0.25, -0.2) is 4.90 Å². The van der Waals surface area contributed by atoms with Gasteiger partial charge in [0.1, 0.15) is 5.54 Å². The minimum Gasteiger partial charge on any atom is -0.324 e. The molecular formula is C23H23N3O3S. The normalized spacial score (nSPS) is 29.5. The van der Waals surface area contributed by atoms with Crippen LogP contribution in [0.3, 0.4) is 0 Å². The molecule has 2 saturated heterocycles. The first-order valence-electron chi connectivity index (χ1n) is 10.1. The molecule has 3 amide bonds. The van der Waals surface area contributed by atoms with Gasteiger partial charge in [-0.05, 0) is 43.6 Å². The van der Waals surface area contributed by atoms with E-state index in [0.717, 1.165) is 16.9 Å². The maximum Gasteiger partial charge on any atom is 0.250 e. The van der Waals surface area contributed by atoms with Crippen molar-refractivity contribution in [3.8, 4) is 0 Å². The molecule has 6 nitrogen and oxygen atoms in total. The van der Waals surface area contributed by atoms with Crippen molar-refractivity contribution >= 4 is 40.9 Å². The molecule has 2 aromatic carbocycles. The van der Waals surface area contributed by atoms with Crippen molar-refractivity contribution < 1.29 is 14.4 Å². The van der Waals surface area contributed by atoms with Crippen LogP contribution < -0.4 is 15.5 Å². The summed E-state index contributed by atoms with van der Waals surface area (Å²) in [5.74, 6) is -1.27. The van der Waals surface area contributed by atoms with E-state index in [4.69, 9.17) is 0 Å². The van der Waals surface area contributed by atoms with Gasteiger partial charge >= 0.3 is 0 Å². The summed E-state index contributed by atoms with van der Waals surface area (Å²) in [5, 5.41) is 6.39. The summed E-state index contributed by atoms with van der Waals surface area (Å²) in [7, 11) is 0. The third-order valence-corrected chi connectivity index (χ3v) is 7.19. The molecule has 4 atom stereocenters. The van der Waals surface area contributed by atoms with E-state index < -0.39 is 17.4 Å². The monoisotopic (exact) mass is 421 g/mol. The van der Waals surface area contributed by atoms with Crippen LogP contribution in [-0.4, -0.2) is 35.8 Å². The predicted octanol–water partition coefficient (Wildman–Crippen LogP) is 2.67. The average Bonchev–Trinajstić information content (AvgIpc) is 3.32. The predicted molar refractivity (Wildman–Crippen MR) is 117 cm³/mol. The second-order valence-corrected chi connectivity index (χ2v) is 9.18. The summed E-state index contributed by atoms with van der Waals surface area (Å²) < 4.78 is 0. The Balaban J connectivity index is 1.64. The van der Waals surface area contributed by atoms with Gasteiger partial charge in [-0.2, -0.15) is 11.8 Å². The molecule has 0 radical (unpaired) electrons. The first-order valence-corrected chi connectivity index (χ1v) is 11.5. The number of para-hydroxylation sites is 1. The Morgan fingerprint density at radius 1 is 1.03 bits per heavy atom. The van der Waals surface area contributed by atoms with Crippen LogP contribution in [0.4, 0.5) is 11.4 Å². The fraction of sp³-hybridized carbons (Fsp3) is 0.348. The van der Waals surface area contributed by atoms with Gasteiger partial charge in [0.2, 0.25) is 17.7 Å². The van der Waals surface area contributed by atoms with Gasteiger partial charge in [-0.1, -0.05) is 35.9 Å². The molecule has 1 spiro atoms. The third-order valence-electron chi connectivity index (χ3n) is 6.55. The van der Waals surface area contributed by atoms with Crippen molar-refractivity contribution in [2.24, 2.45) is 11.8 Å². The van der Waals surface area contributed by atoms with E-state index in [-0.39, 0.29) is 23.8 Å². The Hall–Kier alpha value is -2.64. The van der Waals surface area contributed by atoms with Crippen molar-refractivity contribution in [1.82, 2.24) is 5.32 Å². The number of benzene rings is 2. The third kappa shape index (κ3) is 2.51. The SMILES string of the molecule is CSCC[C@@H]1N[C@]2(C(=O)Nc3ccccc32)[C@@H]2C(=O)N(c3ccc(C)cc3)C(=O)[C@H]12. The lowest BCUT2D eigenvalue weighted by Gasteiger charge is -2.29. The van der Waals surface area contributed by atoms with Crippen LogP contribution in [0.2, 0.25) is 0 Å². The Kier molecular flexibility index (Phi) is 4.48. The number of nitrogens with one attached hydrogen (secondary N) is 2. The minimum atomic E-state index is -1.21. The molecule has 3 aliphatic rings. The highest BCUT2D eigenvalue weighted by atomic mass is 32.2. The number of anilines is 2. The summed E-state index contributed by atoms with van der Waals surface area (Å²) in [4.78, 5) is 41.8. The molecule has 0 bridgehead atoms.